The van der Waals surface area contributed by atoms with Crippen molar-refractivity contribution in [2.45, 2.75) is 11.9 Å². The normalized spacial score (nSPS) is 20.3. The summed E-state index contributed by atoms with van der Waals surface area (Å²) in [5.74, 6) is -2.25. The van der Waals surface area contributed by atoms with Gasteiger partial charge >= 0.3 is 0 Å². The van der Waals surface area contributed by atoms with Gasteiger partial charge in [0.15, 0.2) is 0 Å². The van der Waals surface area contributed by atoms with Gasteiger partial charge in [-0.15, -0.1) is 0 Å². The second-order valence-electron chi connectivity index (χ2n) is 5.04. The summed E-state index contributed by atoms with van der Waals surface area (Å²) in [6, 6.07) is 14.8. The van der Waals surface area contributed by atoms with E-state index in [9.17, 15) is 15.3 Å². The Labute approximate surface area is 109 Å². The van der Waals surface area contributed by atoms with Gasteiger partial charge in [-0.05, 0) is 27.1 Å². The molecule has 0 amide bonds. The van der Waals surface area contributed by atoms with Crippen molar-refractivity contribution in [1.82, 2.24) is 0 Å². The van der Waals surface area contributed by atoms with Crippen molar-refractivity contribution in [3.8, 4) is 0 Å². The molecule has 1 aliphatic rings. The summed E-state index contributed by atoms with van der Waals surface area (Å²) in [7, 11) is 0. The lowest BCUT2D eigenvalue weighted by Crippen LogP contribution is -2.35. The van der Waals surface area contributed by atoms with E-state index in [2.05, 4.69) is 0 Å². The SMILES string of the molecule is OC1c2cccc3ccc4cccc(c4c23)C1(O)O. The van der Waals surface area contributed by atoms with Crippen molar-refractivity contribution < 1.29 is 15.3 Å². The summed E-state index contributed by atoms with van der Waals surface area (Å²) in [4.78, 5) is 0. The van der Waals surface area contributed by atoms with Crippen LogP contribution >= 0.6 is 0 Å². The molecule has 0 bridgehead atoms. The topological polar surface area (TPSA) is 60.7 Å². The van der Waals surface area contributed by atoms with E-state index in [1.165, 1.54) is 0 Å². The molecule has 4 rings (SSSR count). The summed E-state index contributed by atoms with van der Waals surface area (Å²) in [5, 5.41) is 34.4. The first-order valence-corrected chi connectivity index (χ1v) is 6.18. The number of benzene rings is 3. The minimum atomic E-state index is -2.25. The summed E-state index contributed by atoms with van der Waals surface area (Å²) >= 11 is 0. The fraction of sp³-hybridized carbons (Fsp3) is 0.125. The van der Waals surface area contributed by atoms with E-state index in [1.54, 1.807) is 18.2 Å². The lowest BCUT2D eigenvalue weighted by atomic mass is 9.81. The average Bonchev–Trinajstić information content (AvgIpc) is 2.43. The zero-order chi connectivity index (χ0) is 13.2. The molecule has 0 fully saturated rings. The monoisotopic (exact) mass is 252 g/mol. The quantitative estimate of drug-likeness (QED) is 0.424. The molecule has 0 heterocycles. The maximum absolute atomic E-state index is 10.3. The predicted octanol–water partition coefficient (Wildman–Crippen LogP) is 2.18. The predicted molar refractivity (Wildman–Crippen MR) is 72.5 cm³/mol. The molecule has 3 aromatic rings. The van der Waals surface area contributed by atoms with Gasteiger partial charge in [0.25, 0.3) is 0 Å². The fourth-order valence-corrected chi connectivity index (χ4v) is 3.08. The Morgan fingerprint density at radius 2 is 1.42 bits per heavy atom. The summed E-state index contributed by atoms with van der Waals surface area (Å²) < 4.78 is 0. The molecule has 1 unspecified atom stereocenters. The zero-order valence-corrected chi connectivity index (χ0v) is 10.0. The van der Waals surface area contributed by atoms with Crippen molar-refractivity contribution in [2.24, 2.45) is 0 Å². The fourth-order valence-electron chi connectivity index (χ4n) is 3.08. The van der Waals surface area contributed by atoms with Crippen LogP contribution in [0.4, 0.5) is 0 Å². The summed E-state index contributed by atoms with van der Waals surface area (Å²) in [5.41, 5.74) is 0.925. The van der Waals surface area contributed by atoms with Crippen LogP contribution in [0.5, 0.6) is 0 Å². The first-order chi connectivity index (χ1) is 9.10. The molecule has 3 nitrogen and oxygen atoms in total. The minimum Gasteiger partial charge on any atom is -0.382 e. The molecule has 1 aliphatic carbocycles. The first kappa shape index (κ1) is 10.9. The summed E-state index contributed by atoms with van der Waals surface area (Å²) in [6.45, 7) is 0. The Bertz CT molecular complexity index is 821. The van der Waals surface area contributed by atoms with E-state index < -0.39 is 11.9 Å². The van der Waals surface area contributed by atoms with Gasteiger partial charge in [0.2, 0.25) is 5.79 Å². The lowest BCUT2D eigenvalue weighted by molar-refractivity contribution is -0.237. The van der Waals surface area contributed by atoms with Crippen LogP contribution in [0.3, 0.4) is 0 Å². The van der Waals surface area contributed by atoms with E-state index >= 15 is 0 Å². The van der Waals surface area contributed by atoms with Crippen molar-refractivity contribution in [3.63, 3.8) is 0 Å². The molecule has 3 aromatic carbocycles. The number of rotatable bonds is 0. The molecule has 0 saturated heterocycles. The van der Waals surface area contributed by atoms with Gasteiger partial charge in [0.1, 0.15) is 6.10 Å². The highest BCUT2D eigenvalue weighted by Gasteiger charge is 2.42. The average molecular weight is 252 g/mol. The highest BCUT2D eigenvalue weighted by molar-refractivity contribution is 6.12. The molecule has 0 aliphatic heterocycles. The molecule has 3 heteroatoms. The smallest absolute Gasteiger partial charge is 0.221 e. The van der Waals surface area contributed by atoms with Crippen LogP contribution in [0.1, 0.15) is 17.2 Å². The molecular weight excluding hydrogens is 240 g/mol. The molecule has 19 heavy (non-hydrogen) atoms. The van der Waals surface area contributed by atoms with Crippen LogP contribution in [-0.4, -0.2) is 15.3 Å². The second-order valence-corrected chi connectivity index (χ2v) is 5.04. The third-order valence-electron chi connectivity index (χ3n) is 3.99. The van der Waals surface area contributed by atoms with Crippen molar-refractivity contribution in [2.75, 3.05) is 0 Å². The molecule has 3 N–H and O–H groups in total. The molecule has 94 valence electrons. The molecule has 1 atom stereocenters. The third-order valence-corrected chi connectivity index (χ3v) is 3.99. The Hall–Kier alpha value is -1.94. The van der Waals surface area contributed by atoms with E-state index in [-0.39, 0.29) is 0 Å². The Morgan fingerprint density at radius 3 is 2.16 bits per heavy atom. The number of aliphatic hydroxyl groups is 3. The van der Waals surface area contributed by atoms with Gasteiger partial charge in [-0.2, -0.15) is 0 Å². The summed E-state index contributed by atoms with van der Waals surface area (Å²) in [6.07, 6.45) is -1.34. The van der Waals surface area contributed by atoms with Crippen LogP contribution in [0.25, 0.3) is 21.5 Å². The van der Waals surface area contributed by atoms with Gasteiger partial charge < -0.3 is 15.3 Å². The largest absolute Gasteiger partial charge is 0.382 e. The number of aliphatic hydroxyl groups excluding tert-OH is 1. The highest BCUT2D eigenvalue weighted by atomic mass is 16.5. The number of hydrogen-bond acceptors (Lipinski definition) is 3. The van der Waals surface area contributed by atoms with Gasteiger partial charge in [-0.25, -0.2) is 0 Å². The van der Waals surface area contributed by atoms with Crippen LogP contribution in [-0.2, 0) is 5.79 Å². The minimum absolute atomic E-state index is 0.363. The second kappa shape index (κ2) is 3.33. The molecule has 0 saturated carbocycles. The molecule has 0 spiro atoms. The maximum atomic E-state index is 10.3. The number of hydrogen-bond donors (Lipinski definition) is 3. The van der Waals surface area contributed by atoms with Gasteiger partial charge in [-0.3, -0.25) is 0 Å². The standard InChI is InChI=1S/C16H12O3/c17-15-11-5-1-3-9-7-8-10-4-2-6-12(16(15,18)19)14(10)13(9)11/h1-8,15,17-19H. The zero-order valence-electron chi connectivity index (χ0n) is 10.0. The van der Waals surface area contributed by atoms with Crippen LogP contribution in [0, 0.1) is 0 Å². The van der Waals surface area contributed by atoms with Crippen LogP contribution in [0.15, 0.2) is 48.5 Å². The molecular formula is C16H12O3. The van der Waals surface area contributed by atoms with Crippen molar-refractivity contribution >= 4 is 21.5 Å². The van der Waals surface area contributed by atoms with Gasteiger partial charge in [-0.1, -0.05) is 48.5 Å². The maximum Gasteiger partial charge on any atom is 0.221 e. The van der Waals surface area contributed by atoms with E-state index in [4.69, 9.17) is 0 Å². The Balaban J connectivity index is 2.37. The Morgan fingerprint density at radius 1 is 0.789 bits per heavy atom. The van der Waals surface area contributed by atoms with Gasteiger partial charge in [0, 0.05) is 5.56 Å². The molecule has 0 radical (unpaired) electrons. The van der Waals surface area contributed by atoms with E-state index in [0.29, 0.717) is 11.1 Å². The van der Waals surface area contributed by atoms with Crippen molar-refractivity contribution in [1.29, 1.82) is 0 Å². The molecule has 0 aromatic heterocycles. The highest BCUT2D eigenvalue weighted by Crippen LogP contribution is 2.46. The van der Waals surface area contributed by atoms with E-state index in [1.807, 2.05) is 30.3 Å². The Kier molecular flexibility index (Phi) is 1.92. The lowest BCUT2D eigenvalue weighted by Gasteiger charge is -2.34. The first-order valence-electron chi connectivity index (χ1n) is 6.18. The van der Waals surface area contributed by atoms with E-state index in [0.717, 1.165) is 21.5 Å². The van der Waals surface area contributed by atoms with Gasteiger partial charge in [0.05, 0.1) is 0 Å². The third kappa shape index (κ3) is 1.22. The van der Waals surface area contributed by atoms with Crippen LogP contribution in [0.2, 0.25) is 0 Å². The van der Waals surface area contributed by atoms with Crippen molar-refractivity contribution in [3.05, 3.63) is 59.7 Å². The van der Waals surface area contributed by atoms with Crippen LogP contribution < -0.4 is 0 Å².